The predicted octanol–water partition coefficient (Wildman–Crippen LogP) is 6.75. The summed E-state index contributed by atoms with van der Waals surface area (Å²) in [7, 11) is 2.11. The largest absolute Gasteiger partial charge is 0.573 e. The van der Waals surface area contributed by atoms with Crippen molar-refractivity contribution >= 4 is 22.8 Å². The predicted molar refractivity (Wildman–Crippen MR) is 158 cm³/mol. The van der Waals surface area contributed by atoms with Crippen LogP contribution in [0, 0.1) is 5.41 Å². The second kappa shape index (κ2) is 9.73. The Labute approximate surface area is 253 Å². The molecule has 2 aliphatic carbocycles. The van der Waals surface area contributed by atoms with Gasteiger partial charge in [-0.2, -0.15) is 0 Å². The molecule has 232 valence electrons. The van der Waals surface area contributed by atoms with Crippen LogP contribution in [0.2, 0.25) is 0 Å². The number of piperazine rings is 1. The number of ether oxygens (including phenoxy) is 1. The maximum atomic E-state index is 14.7. The van der Waals surface area contributed by atoms with Crippen molar-refractivity contribution in [2.75, 3.05) is 20.1 Å². The van der Waals surface area contributed by atoms with Gasteiger partial charge in [0.15, 0.2) is 0 Å². The van der Waals surface area contributed by atoms with Gasteiger partial charge in [-0.3, -0.25) is 9.69 Å². The number of alkyl halides is 3. The number of aromatic nitrogens is 1. The number of hydrogen-bond acceptors (Lipinski definition) is 4. The highest BCUT2D eigenvalue weighted by molar-refractivity contribution is 6.00. The maximum Gasteiger partial charge on any atom is 0.573 e. The fourth-order valence-electron chi connectivity index (χ4n) is 9.13. The van der Waals surface area contributed by atoms with Crippen molar-refractivity contribution < 1.29 is 32.6 Å². The molecule has 1 N–H and O–H groups in total. The van der Waals surface area contributed by atoms with Crippen LogP contribution in [0.25, 0.3) is 22.2 Å². The molecule has 2 saturated heterocycles. The van der Waals surface area contributed by atoms with Crippen molar-refractivity contribution in [1.82, 2.24) is 14.4 Å². The highest BCUT2D eigenvalue weighted by atomic mass is 19.4. The van der Waals surface area contributed by atoms with Crippen molar-refractivity contribution in [2.45, 2.75) is 88.2 Å². The molecule has 44 heavy (non-hydrogen) atoms. The normalized spacial score (nSPS) is 28.3. The molecule has 1 amide bonds. The lowest BCUT2D eigenvalue weighted by atomic mass is 9.81. The van der Waals surface area contributed by atoms with E-state index in [0.717, 1.165) is 67.1 Å². The third-order valence-electron chi connectivity index (χ3n) is 11.3. The van der Waals surface area contributed by atoms with E-state index >= 15 is 0 Å². The number of aromatic carboxylic acids is 1. The summed E-state index contributed by atoms with van der Waals surface area (Å²) < 4.78 is 48.2. The summed E-state index contributed by atoms with van der Waals surface area (Å²) in [5.41, 5.74) is 2.93. The molecule has 0 spiro atoms. The van der Waals surface area contributed by atoms with Crippen molar-refractivity contribution in [3.05, 3.63) is 53.1 Å². The van der Waals surface area contributed by atoms with Gasteiger partial charge in [-0.25, -0.2) is 4.79 Å². The lowest BCUT2D eigenvalue weighted by Gasteiger charge is -2.40. The summed E-state index contributed by atoms with van der Waals surface area (Å²) >= 11 is 0. The topological polar surface area (TPSA) is 75.0 Å². The van der Waals surface area contributed by atoms with E-state index in [9.17, 15) is 27.9 Å². The van der Waals surface area contributed by atoms with Gasteiger partial charge in [0.2, 0.25) is 5.91 Å². The molecule has 4 fully saturated rings. The van der Waals surface area contributed by atoms with Crippen molar-refractivity contribution in [3.63, 3.8) is 0 Å². The molecule has 4 heterocycles. The van der Waals surface area contributed by atoms with Gasteiger partial charge in [0.05, 0.1) is 16.7 Å². The number of carboxylic acids is 1. The van der Waals surface area contributed by atoms with E-state index in [1.807, 2.05) is 17.0 Å². The molecule has 3 aliphatic heterocycles. The number of nitrogens with zero attached hydrogens (tertiary/aromatic N) is 3. The molecule has 2 aromatic carbocycles. The summed E-state index contributed by atoms with van der Waals surface area (Å²) in [6.07, 6.45) is 2.78. The van der Waals surface area contributed by atoms with Crippen LogP contribution in [0.4, 0.5) is 13.2 Å². The van der Waals surface area contributed by atoms with E-state index < -0.39 is 23.7 Å². The van der Waals surface area contributed by atoms with Crippen LogP contribution in [-0.4, -0.2) is 69.9 Å². The van der Waals surface area contributed by atoms with E-state index in [1.165, 1.54) is 6.07 Å². The molecule has 5 aliphatic rings. The molecule has 2 bridgehead atoms. The van der Waals surface area contributed by atoms with Gasteiger partial charge in [0, 0.05) is 59.7 Å². The number of amides is 1. The maximum absolute atomic E-state index is 14.7. The van der Waals surface area contributed by atoms with Crippen LogP contribution >= 0.6 is 0 Å². The second-order valence-corrected chi connectivity index (χ2v) is 13.7. The minimum absolute atomic E-state index is 0.0106. The average Bonchev–Trinajstić information content (AvgIpc) is 3.60. The van der Waals surface area contributed by atoms with Crippen LogP contribution in [0.1, 0.15) is 84.7 Å². The number of rotatable bonds is 4. The first-order valence-electron chi connectivity index (χ1n) is 15.9. The number of likely N-dealkylation sites (tertiary alicyclic amines) is 1. The van der Waals surface area contributed by atoms with Crippen LogP contribution < -0.4 is 4.74 Å². The van der Waals surface area contributed by atoms with E-state index in [2.05, 4.69) is 21.3 Å². The van der Waals surface area contributed by atoms with Gasteiger partial charge in [-0.1, -0.05) is 37.5 Å². The molecular formula is C34H36F3N3O4. The number of carbonyl (C=O) groups excluding carboxylic acids is 1. The van der Waals surface area contributed by atoms with Gasteiger partial charge in [0.1, 0.15) is 5.75 Å². The van der Waals surface area contributed by atoms with E-state index in [1.54, 1.807) is 18.2 Å². The molecule has 3 aromatic rings. The summed E-state index contributed by atoms with van der Waals surface area (Å²) in [5.74, 6) is -1.54. The quantitative estimate of drug-likeness (QED) is 0.356. The lowest BCUT2D eigenvalue weighted by Crippen LogP contribution is -2.55. The number of fused-ring (bicyclic) bond motifs is 9. The molecule has 7 nitrogen and oxygen atoms in total. The van der Waals surface area contributed by atoms with Crippen molar-refractivity contribution in [1.29, 1.82) is 0 Å². The van der Waals surface area contributed by atoms with Gasteiger partial charge >= 0.3 is 12.3 Å². The highest BCUT2D eigenvalue weighted by Gasteiger charge is 2.65. The van der Waals surface area contributed by atoms with Gasteiger partial charge < -0.3 is 19.3 Å². The lowest BCUT2D eigenvalue weighted by molar-refractivity contribution is -0.274. The average molecular weight is 608 g/mol. The summed E-state index contributed by atoms with van der Waals surface area (Å²) in [6, 6.07) is 10.6. The fraction of sp³-hybridized carbons (Fsp3) is 0.529. The zero-order valence-electron chi connectivity index (χ0n) is 24.7. The van der Waals surface area contributed by atoms with Crippen LogP contribution in [0.5, 0.6) is 5.75 Å². The number of hydrogen-bond donors (Lipinski definition) is 1. The zero-order chi connectivity index (χ0) is 30.5. The van der Waals surface area contributed by atoms with Gasteiger partial charge in [-0.05, 0) is 68.8 Å². The number of carbonyl (C=O) groups is 2. The Morgan fingerprint density at radius 3 is 2.39 bits per heavy atom. The Hall–Kier alpha value is -3.53. The Morgan fingerprint density at radius 2 is 1.70 bits per heavy atom. The first-order chi connectivity index (χ1) is 21.1. The standard InChI is InChI=1S/C34H36F3N3O4/c1-38-21-11-12-22(38)17-39(16-21)32(43)33-15-25(33)29-24(8-5-9-27(29)44-34(35,36)37)30-28(19-6-3-2-4-7-19)23-13-10-20(31(41)42)14-26(23)40(30)18-33/h5,8-10,13-14,19,21-22,25H,2-4,6-7,11-12,15-18H2,1H3,(H,41,42). The fourth-order valence-corrected chi connectivity index (χ4v) is 9.13. The third kappa shape index (κ3) is 4.19. The van der Waals surface area contributed by atoms with E-state index in [0.29, 0.717) is 37.2 Å². The Balaban J connectivity index is 1.36. The molecule has 1 aromatic heterocycles. The monoisotopic (exact) mass is 607 g/mol. The van der Waals surface area contributed by atoms with Crippen LogP contribution in [0.3, 0.4) is 0 Å². The Morgan fingerprint density at radius 1 is 0.977 bits per heavy atom. The van der Waals surface area contributed by atoms with Gasteiger partial charge in [-0.15, -0.1) is 13.2 Å². The van der Waals surface area contributed by atoms with Crippen molar-refractivity contribution in [2.24, 2.45) is 5.41 Å². The number of benzene rings is 2. The molecular weight excluding hydrogens is 571 g/mol. The van der Waals surface area contributed by atoms with E-state index in [4.69, 9.17) is 0 Å². The van der Waals surface area contributed by atoms with E-state index in [-0.39, 0.29) is 35.2 Å². The Kier molecular flexibility index (Phi) is 6.19. The Bertz CT molecular complexity index is 1680. The van der Waals surface area contributed by atoms with Gasteiger partial charge in [0.25, 0.3) is 0 Å². The zero-order valence-corrected chi connectivity index (χ0v) is 24.7. The van der Waals surface area contributed by atoms with Crippen LogP contribution in [0.15, 0.2) is 36.4 Å². The minimum Gasteiger partial charge on any atom is -0.478 e. The highest BCUT2D eigenvalue weighted by Crippen LogP contribution is 2.67. The molecule has 0 radical (unpaired) electrons. The third-order valence-corrected chi connectivity index (χ3v) is 11.3. The number of carboxylic acid groups (broad SMARTS) is 1. The summed E-state index contributed by atoms with van der Waals surface area (Å²) in [6.45, 7) is 1.52. The summed E-state index contributed by atoms with van der Waals surface area (Å²) in [5, 5.41) is 10.8. The summed E-state index contributed by atoms with van der Waals surface area (Å²) in [4.78, 5) is 31.1. The molecule has 4 unspecified atom stereocenters. The van der Waals surface area contributed by atoms with Crippen molar-refractivity contribution in [3.8, 4) is 17.0 Å². The van der Waals surface area contributed by atoms with Crippen LogP contribution in [-0.2, 0) is 11.3 Å². The molecule has 4 atom stereocenters. The smallest absolute Gasteiger partial charge is 0.478 e. The molecule has 8 rings (SSSR count). The first-order valence-corrected chi connectivity index (χ1v) is 15.9. The number of likely N-dealkylation sites (N-methyl/N-ethyl adjacent to an activating group) is 1. The molecule has 2 saturated carbocycles. The minimum atomic E-state index is -4.88. The first kappa shape index (κ1) is 28.0. The number of halogens is 3. The second-order valence-electron chi connectivity index (χ2n) is 13.7. The SMILES string of the molecule is CN1C2CCC1CN(C(=O)C13CC1c1c(OC(F)(F)F)cccc1-c1c(C4CCCCC4)c4ccc(C(=O)O)cc4n1C3)C2. The molecule has 10 heteroatoms.